The molecule has 9 heteroatoms. The normalized spacial score (nSPS) is 14.8. The Bertz CT molecular complexity index is 907. The topological polar surface area (TPSA) is 131 Å². The number of phosphoric ester groups is 1. The van der Waals surface area contributed by atoms with Gasteiger partial charge in [0.1, 0.15) is 0 Å². The number of aliphatic hydroxyl groups is 1. The van der Waals surface area contributed by atoms with Crippen LogP contribution >= 0.6 is 7.82 Å². The first-order valence-electron chi connectivity index (χ1n) is 19.8. The van der Waals surface area contributed by atoms with Gasteiger partial charge in [0, 0.05) is 13.0 Å². The van der Waals surface area contributed by atoms with Crippen LogP contribution in [-0.2, 0) is 18.4 Å². The van der Waals surface area contributed by atoms with Gasteiger partial charge in [0.15, 0.2) is 0 Å². The fraction of sp³-hybridized carbons (Fsp3) is 0.775. The first-order valence-corrected chi connectivity index (χ1v) is 21.3. The summed E-state index contributed by atoms with van der Waals surface area (Å²) in [4.78, 5) is 22.6. The molecule has 3 atom stereocenters. The molecule has 0 bridgehead atoms. The van der Waals surface area contributed by atoms with Gasteiger partial charge in [0.05, 0.1) is 25.4 Å². The van der Waals surface area contributed by atoms with Crippen molar-refractivity contribution in [1.29, 1.82) is 0 Å². The number of nitrogens with one attached hydrogen (secondary N) is 1. The molecule has 0 aliphatic carbocycles. The number of rotatable bonds is 36. The second-order valence-electron chi connectivity index (χ2n) is 13.1. The lowest BCUT2D eigenvalue weighted by Gasteiger charge is -2.23. The van der Waals surface area contributed by atoms with E-state index in [0.29, 0.717) is 6.42 Å². The van der Waals surface area contributed by atoms with Crippen molar-refractivity contribution in [3.63, 3.8) is 0 Å². The number of hydrogen-bond donors (Lipinski definition) is 4. The van der Waals surface area contributed by atoms with E-state index in [4.69, 9.17) is 14.8 Å². The highest BCUT2D eigenvalue weighted by Gasteiger charge is 2.26. The quantitative estimate of drug-likeness (QED) is 0.0289. The lowest BCUT2D eigenvalue weighted by atomic mass is 10.1. The van der Waals surface area contributed by atoms with Crippen molar-refractivity contribution >= 4 is 13.7 Å². The molecule has 0 aromatic carbocycles. The van der Waals surface area contributed by atoms with Crippen LogP contribution in [-0.4, -0.2) is 47.8 Å². The summed E-state index contributed by atoms with van der Waals surface area (Å²) in [5.41, 5.74) is 5.35. The van der Waals surface area contributed by atoms with E-state index in [0.717, 1.165) is 64.2 Å². The summed E-state index contributed by atoms with van der Waals surface area (Å²) in [6.07, 6.45) is 42.9. The van der Waals surface area contributed by atoms with Gasteiger partial charge in [-0.2, -0.15) is 0 Å². The number of amides is 1. The van der Waals surface area contributed by atoms with Gasteiger partial charge >= 0.3 is 7.82 Å². The van der Waals surface area contributed by atoms with Crippen molar-refractivity contribution in [3.8, 4) is 0 Å². The zero-order chi connectivity index (χ0) is 36.1. The molecule has 0 aromatic heterocycles. The Labute approximate surface area is 301 Å². The van der Waals surface area contributed by atoms with Gasteiger partial charge < -0.3 is 21.1 Å². The number of unbranched alkanes of at least 4 members (excludes halogenated alkanes) is 18. The zero-order valence-corrected chi connectivity index (χ0v) is 32.3. The van der Waals surface area contributed by atoms with Crippen molar-refractivity contribution in [1.82, 2.24) is 5.32 Å². The third-order valence-electron chi connectivity index (χ3n) is 8.40. The molecular formula is C40H75N2O6P. The number of nitrogens with two attached hydrogens (primary N) is 1. The van der Waals surface area contributed by atoms with E-state index in [1.807, 2.05) is 6.08 Å². The summed E-state index contributed by atoms with van der Waals surface area (Å²) in [6, 6.07) is -0.866. The van der Waals surface area contributed by atoms with Crippen LogP contribution in [0.5, 0.6) is 0 Å². The first kappa shape index (κ1) is 47.5. The van der Waals surface area contributed by atoms with Gasteiger partial charge in [0.2, 0.25) is 5.91 Å². The number of hydrogen-bond acceptors (Lipinski definition) is 6. The molecule has 1 amide bonds. The molecule has 0 radical (unpaired) electrons. The highest BCUT2D eigenvalue weighted by molar-refractivity contribution is 7.47. The summed E-state index contributed by atoms with van der Waals surface area (Å²) in [5, 5.41) is 13.6. The maximum absolute atomic E-state index is 12.7. The van der Waals surface area contributed by atoms with Crippen LogP contribution in [0.2, 0.25) is 0 Å². The molecule has 0 saturated carbocycles. The summed E-state index contributed by atoms with van der Waals surface area (Å²) in [5.74, 6) is -0.210. The molecule has 3 unspecified atom stereocenters. The predicted octanol–water partition coefficient (Wildman–Crippen LogP) is 10.6. The second-order valence-corrected chi connectivity index (χ2v) is 14.6. The number of allylic oxidation sites excluding steroid dienone is 7. The van der Waals surface area contributed by atoms with Gasteiger partial charge in [-0.3, -0.25) is 13.8 Å². The lowest BCUT2D eigenvalue weighted by molar-refractivity contribution is -0.123. The van der Waals surface area contributed by atoms with E-state index in [2.05, 4.69) is 55.6 Å². The van der Waals surface area contributed by atoms with Crippen molar-refractivity contribution < 1.29 is 28.4 Å². The molecule has 0 aliphatic heterocycles. The van der Waals surface area contributed by atoms with Crippen LogP contribution in [0, 0.1) is 0 Å². The summed E-state index contributed by atoms with van der Waals surface area (Å²) >= 11 is 0. The first-order chi connectivity index (χ1) is 23.9. The molecule has 0 saturated heterocycles. The van der Waals surface area contributed by atoms with Gasteiger partial charge in [-0.05, 0) is 57.8 Å². The highest BCUT2D eigenvalue weighted by atomic mass is 31.2. The molecule has 8 nitrogen and oxygen atoms in total. The minimum absolute atomic E-state index is 0.0743. The van der Waals surface area contributed by atoms with Crippen LogP contribution < -0.4 is 11.1 Å². The molecule has 286 valence electrons. The number of carbonyl (C=O) groups excluding carboxylic acids is 1. The molecule has 0 aromatic rings. The molecule has 0 heterocycles. The Hall–Kier alpha value is -1.54. The average molecular weight is 711 g/mol. The van der Waals surface area contributed by atoms with E-state index in [1.54, 1.807) is 6.08 Å². The molecule has 49 heavy (non-hydrogen) atoms. The highest BCUT2D eigenvalue weighted by Crippen LogP contribution is 2.43. The summed E-state index contributed by atoms with van der Waals surface area (Å²) in [6.45, 7) is 4.06. The predicted molar refractivity (Wildman–Crippen MR) is 207 cm³/mol. The smallest absolute Gasteiger partial charge is 0.387 e. The van der Waals surface area contributed by atoms with Crippen molar-refractivity contribution in [2.24, 2.45) is 5.73 Å². The zero-order valence-electron chi connectivity index (χ0n) is 31.4. The average Bonchev–Trinajstić information content (AvgIpc) is 3.09. The number of aliphatic hydroxyl groups excluding tert-OH is 1. The van der Waals surface area contributed by atoms with E-state index in [-0.39, 0.29) is 25.7 Å². The van der Waals surface area contributed by atoms with Crippen LogP contribution in [0.25, 0.3) is 0 Å². The lowest BCUT2D eigenvalue weighted by Crippen LogP contribution is -2.45. The molecule has 0 rings (SSSR count). The molecule has 0 aliphatic rings. The van der Waals surface area contributed by atoms with Gasteiger partial charge in [0.25, 0.3) is 0 Å². The van der Waals surface area contributed by atoms with E-state index < -0.39 is 20.0 Å². The number of carbonyl (C=O) groups is 1. The fourth-order valence-electron chi connectivity index (χ4n) is 5.37. The third-order valence-corrected chi connectivity index (χ3v) is 9.38. The van der Waals surface area contributed by atoms with Crippen molar-refractivity contribution in [2.75, 3.05) is 19.8 Å². The second kappa shape index (κ2) is 36.3. The maximum Gasteiger partial charge on any atom is 0.472 e. The SMILES string of the molecule is CCCCC/C=C\C/C=C\C/C=C\CCCCCCCCC(=O)NC(COP(=O)(O)OCCN)C(O)/C=C/CCCCCCCCCCC. The summed E-state index contributed by atoms with van der Waals surface area (Å²) in [7, 11) is -4.34. The molecule has 5 N–H and O–H groups in total. The Kier molecular flexibility index (Phi) is 35.1. The Morgan fingerprint density at radius 1 is 0.673 bits per heavy atom. The summed E-state index contributed by atoms with van der Waals surface area (Å²) < 4.78 is 22.0. The van der Waals surface area contributed by atoms with Crippen molar-refractivity contribution in [3.05, 3.63) is 48.6 Å². The largest absolute Gasteiger partial charge is 0.472 e. The van der Waals surface area contributed by atoms with Gasteiger partial charge in [-0.15, -0.1) is 0 Å². The maximum atomic E-state index is 12.7. The van der Waals surface area contributed by atoms with E-state index in [9.17, 15) is 19.4 Å². The fourth-order valence-corrected chi connectivity index (χ4v) is 6.13. The van der Waals surface area contributed by atoms with E-state index in [1.165, 1.54) is 83.5 Å². The Morgan fingerprint density at radius 3 is 1.67 bits per heavy atom. The molecule has 0 fully saturated rings. The van der Waals surface area contributed by atoms with E-state index >= 15 is 0 Å². The minimum atomic E-state index is -4.34. The van der Waals surface area contributed by atoms with Crippen molar-refractivity contribution in [2.45, 2.75) is 180 Å². The standard InChI is InChI=1S/C40H75N2O6P/c1-3-5-7-9-11-13-15-16-17-18-19-20-21-22-24-26-28-30-32-34-40(44)42-38(37-48-49(45,46)47-36-35-41)39(43)33-31-29-27-25-23-14-12-10-8-6-4-2/h11,13,16-17,19-20,31,33,38-39,43H,3-10,12,14-15,18,21-30,32,34-37,41H2,1-2H3,(H,42,44)(H,45,46)/b13-11-,17-16-,20-19-,33-31+. The third kappa shape index (κ3) is 34.7. The number of phosphoric acid groups is 1. The molecular weight excluding hydrogens is 635 g/mol. The monoisotopic (exact) mass is 711 g/mol. The molecule has 0 spiro atoms. The van der Waals surface area contributed by atoms with Crippen LogP contribution in [0.4, 0.5) is 0 Å². The van der Waals surface area contributed by atoms with Crippen LogP contribution in [0.1, 0.15) is 168 Å². The Morgan fingerprint density at radius 2 is 1.12 bits per heavy atom. The van der Waals surface area contributed by atoms with Crippen LogP contribution in [0.3, 0.4) is 0 Å². The van der Waals surface area contributed by atoms with Crippen LogP contribution in [0.15, 0.2) is 48.6 Å². The Balaban J connectivity index is 4.28. The van der Waals surface area contributed by atoms with Gasteiger partial charge in [-0.25, -0.2) is 4.57 Å². The minimum Gasteiger partial charge on any atom is -0.387 e. The van der Waals surface area contributed by atoms with Gasteiger partial charge in [-0.1, -0.05) is 152 Å².